The molecule has 2 aliphatic carbocycles. The van der Waals surface area contributed by atoms with Gasteiger partial charge < -0.3 is 19.5 Å². The fraction of sp³-hybridized carbons (Fsp3) is 0.658. The molecular weight excluding hydrogens is 662 g/mol. The zero-order valence-electron chi connectivity index (χ0n) is 29.1. The normalized spacial score (nSPS) is 35.2. The first-order chi connectivity index (χ1) is 23.4. The van der Waals surface area contributed by atoms with Gasteiger partial charge in [-0.15, -0.1) is 0 Å². The van der Waals surface area contributed by atoms with Gasteiger partial charge in [-0.3, -0.25) is 9.69 Å². The van der Waals surface area contributed by atoms with Gasteiger partial charge in [0.2, 0.25) is 10.0 Å². The van der Waals surface area contributed by atoms with Gasteiger partial charge in [-0.05, 0) is 118 Å². The highest BCUT2D eigenvalue weighted by atomic mass is 35.5. The molecule has 2 N–H and O–H groups in total. The minimum Gasteiger partial charge on any atom is -0.490 e. The minimum absolute atomic E-state index is 0.0967. The molecule has 268 valence electrons. The Kier molecular flexibility index (Phi) is 9.76. The molecule has 0 radical (unpaired) electrons. The average molecular weight is 714 g/mol. The third-order valence-electron chi connectivity index (χ3n) is 12.6. The zero-order chi connectivity index (χ0) is 34.6. The highest BCUT2D eigenvalue weighted by Gasteiger charge is 2.50. The molecule has 9 nitrogen and oxygen atoms in total. The van der Waals surface area contributed by atoms with Crippen LogP contribution in [-0.4, -0.2) is 87.2 Å². The largest absolute Gasteiger partial charge is 0.490 e. The van der Waals surface area contributed by atoms with Crippen LogP contribution in [0.1, 0.15) is 87.2 Å². The molecule has 2 fully saturated rings. The van der Waals surface area contributed by atoms with Crippen LogP contribution in [0.4, 0.5) is 5.69 Å². The summed E-state index contributed by atoms with van der Waals surface area (Å²) in [4.78, 5) is 18.3. The van der Waals surface area contributed by atoms with Gasteiger partial charge in [0.15, 0.2) is 0 Å². The molecule has 0 unspecified atom stereocenters. The molecule has 49 heavy (non-hydrogen) atoms. The van der Waals surface area contributed by atoms with Crippen molar-refractivity contribution < 1.29 is 27.8 Å². The van der Waals surface area contributed by atoms with E-state index in [-0.39, 0.29) is 34.8 Å². The number of amides is 1. The number of halogens is 1. The summed E-state index contributed by atoms with van der Waals surface area (Å²) >= 11 is 6.46. The fourth-order valence-electron chi connectivity index (χ4n) is 9.31. The molecule has 7 atom stereocenters. The molecular formula is C38H52ClN3O6S. The molecule has 1 saturated carbocycles. The van der Waals surface area contributed by atoms with Gasteiger partial charge in [-0.25, -0.2) is 13.1 Å². The van der Waals surface area contributed by atoms with Gasteiger partial charge in [0.1, 0.15) is 5.75 Å². The summed E-state index contributed by atoms with van der Waals surface area (Å²) in [6.45, 7) is 10.4. The Morgan fingerprint density at radius 2 is 1.90 bits per heavy atom. The van der Waals surface area contributed by atoms with Crippen LogP contribution in [0.15, 0.2) is 36.4 Å². The number of morpholine rings is 1. The number of sulfonamides is 1. The van der Waals surface area contributed by atoms with Crippen molar-refractivity contribution in [2.24, 2.45) is 17.8 Å². The Balaban J connectivity index is 1.29. The van der Waals surface area contributed by atoms with Crippen LogP contribution >= 0.6 is 11.6 Å². The molecule has 11 heteroatoms. The van der Waals surface area contributed by atoms with Crippen LogP contribution < -0.4 is 14.4 Å². The third-order valence-corrected chi connectivity index (χ3v) is 14.8. The van der Waals surface area contributed by atoms with Crippen molar-refractivity contribution in [3.8, 4) is 5.75 Å². The quantitative estimate of drug-likeness (QED) is 0.417. The van der Waals surface area contributed by atoms with Crippen molar-refractivity contribution in [2.75, 3.05) is 50.9 Å². The number of β-amino-alcohol motifs (C(OH)–C–C–N with tert-alkyl or cyclic N) is 1. The second-order valence-corrected chi connectivity index (χ2v) is 18.3. The smallest absolute Gasteiger partial charge is 0.264 e. The lowest BCUT2D eigenvalue weighted by Crippen LogP contribution is -2.59. The highest BCUT2D eigenvalue weighted by Crippen LogP contribution is 2.49. The number of hydrogen-bond donors (Lipinski definition) is 2. The lowest BCUT2D eigenvalue weighted by Gasteiger charge is -2.52. The van der Waals surface area contributed by atoms with E-state index in [1.54, 1.807) is 19.1 Å². The van der Waals surface area contributed by atoms with Crippen LogP contribution in [0.3, 0.4) is 0 Å². The molecule has 2 aromatic rings. The Morgan fingerprint density at radius 3 is 2.67 bits per heavy atom. The van der Waals surface area contributed by atoms with Crippen LogP contribution in [0.25, 0.3) is 0 Å². The van der Waals surface area contributed by atoms with E-state index in [0.717, 1.165) is 49.4 Å². The summed E-state index contributed by atoms with van der Waals surface area (Å²) < 4.78 is 41.7. The average Bonchev–Trinajstić information content (AvgIpc) is 3.19. The second-order valence-electron chi connectivity index (χ2n) is 15.8. The summed E-state index contributed by atoms with van der Waals surface area (Å²) in [6.07, 6.45) is 6.87. The first kappa shape index (κ1) is 35.1. The van der Waals surface area contributed by atoms with E-state index in [9.17, 15) is 18.3 Å². The van der Waals surface area contributed by atoms with Crippen LogP contribution in [-0.2, 0) is 26.6 Å². The van der Waals surface area contributed by atoms with Crippen LogP contribution in [0, 0.1) is 17.8 Å². The lowest BCUT2D eigenvalue weighted by atomic mass is 9.62. The molecule has 1 amide bonds. The van der Waals surface area contributed by atoms with E-state index in [1.165, 1.54) is 11.1 Å². The van der Waals surface area contributed by atoms with E-state index in [0.29, 0.717) is 64.5 Å². The number of carbonyl (C=O) groups excluding carboxylic acids is 1. The number of fused-ring (bicyclic) bond motifs is 4. The van der Waals surface area contributed by atoms with E-state index in [1.807, 2.05) is 19.1 Å². The van der Waals surface area contributed by atoms with Gasteiger partial charge in [0.05, 0.1) is 36.4 Å². The van der Waals surface area contributed by atoms with E-state index in [2.05, 4.69) is 33.6 Å². The molecule has 3 heterocycles. The molecule has 3 aliphatic heterocycles. The summed E-state index contributed by atoms with van der Waals surface area (Å²) in [5.74, 6) is 0.219. The maximum absolute atomic E-state index is 13.6. The molecule has 2 aromatic carbocycles. The molecule has 2 bridgehead atoms. The predicted octanol–water partition coefficient (Wildman–Crippen LogP) is 5.56. The van der Waals surface area contributed by atoms with Crippen molar-refractivity contribution in [1.82, 2.24) is 9.62 Å². The number of aliphatic hydroxyl groups is 1. The lowest BCUT2D eigenvalue weighted by molar-refractivity contribution is -0.123. The standard InChI is InChI=1S/C38H52ClN3O6S/c1-25-6-4-15-38(44,23-41-16-17-47-21-26(41)2)33-11-8-30(33)20-42-22-37(14-5-7-28-18-31(39)10-12-32(28)37)24-48-35-13-9-29(19-34(35)42)36(43)40-49(45,46)27(25)3/h9-10,12-13,18-19,25-27,30,33,44H,4-8,11,14-17,20-24H2,1-3H3,(H,40,43)/t25-,26-,27+,30-,33+,37-,38+/m0/s1. The third kappa shape index (κ3) is 6.85. The fourth-order valence-corrected chi connectivity index (χ4v) is 10.8. The highest BCUT2D eigenvalue weighted by molar-refractivity contribution is 7.90. The van der Waals surface area contributed by atoms with Crippen molar-refractivity contribution in [1.29, 1.82) is 0 Å². The van der Waals surface area contributed by atoms with Crippen molar-refractivity contribution in [2.45, 2.75) is 94.4 Å². The molecule has 1 saturated heterocycles. The number of carbonyl (C=O) groups is 1. The molecule has 5 aliphatic rings. The van der Waals surface area contributed by atoms with E-state index >= 15 is 0 Å². The van der Waals surface area contributed by atoms with Gasteiger partial charge in [-0.2, -0.15) is 0 Å². The second kappa shape index (κ2) is 13.6. The number of hydrogen-bond acceptors (Lipinski definition) is 8. The first-order valence-electron chi connectivity index (χ1n) is 18.3. The summed E-state index contributed by atoms with van der Waals surface area (Å²) in [7, 11) is -3.94. The predicted molar refractivity (Wildman–Crippen MR) is 192 cm³/mol. The summed E-state index contributed by atoms with van der Waals surface area (Å²) in [5.41, 5.74) is 2.41. The number of nitrogens with zero attached hydrogens (tertiary/aromatic N) is 2. The Labute approximate surface area is 296 Å². The number of rotatable bonds is 2. The maximum Gasteiger partial charge on any atom is 0.264 e. The van der Waals surface area contributed by atoms with Crippen LogP contribution in [0.2, 0.25) is 5.02 Å². The number of benzene rings is 2. The molecule has 0 aromatic heterocycles. The monoisotopic (exact) mass is 713 g/mol. The van der Waals surface area contributed by atoms with Gasteiger partial charge in [-0.1, -0.05) is 31.0 Å². The minimum atomic E-state index is -3.94. The Hall–Kier alpha value is -2.37. The maximum atomic E-state index is 13.6. The van der Waals surface area contributed by atoms with Crippen molar-refractivity contribution >= 4 is 33.2 Å². The first-order valence-corrected chi connectivity index (χ1v) is 20.2. The molecule has 1 spiro atoms. The van der Waals surface area contributed by atoms with E-state index < -0.39 is 26.8 Å². The zero-order valence-corrected chi connectivity index (χ0v) is 30.7. The number of anilines is 1. The van der Waals surface area contributed by atoms with Crippen molar-refractivity contribution in [3.63, 3.8) is 0 Å². The van der Waals surface area contributed by atoms with Crippen molar-refractivity contribution in [3.05, 3.63) is 58.1 Å². The van der Waals surface area contributed by atoms with Crippen LogP contribution in [0.5, 0.6) is 5.75 Å². The SMILES string of the molecule is C[C@@H]1[C@@H](C)CCC[C@@](O)(CN2CCOC[C@@H]2C)[C@@H]2CC[C@H]2CN2C[C@@]3(CCCc4cc(Cl)ccc43)COc3ccc(cc32)C(=O)NS1(=O)=O. The van der Waals surface area contributed by atoms with Gasteiger partial charge in [0.25, 0.3) is 5.91 Å². The van der Waals surface area contributed by atoms with Gasteiger partial charge in [0, 0.05) is 48.2 Å². The number of nitrogens with one attached hydrogen (secondary N) is 1. The number of ether oxygens (including phenoxy) is 2. The summed E-state index contributed by atoms with van der Waals surface area (Å²) in [6, 6.07) is 11.7. The van der Waals surface area contributed by atoms with Gasteiger partial charge >= 0.3 is 0 Å². The Bertz CT molecular complexity index is 1670. The topological polar surface area (TPSA) is 108 Å². The van der Waals surface area contributed by atoms with E-state index in [4.69, 9.17) is 21.1 Å². The Morgan fingerprint density at radius 1 is 1.06 bits per heavy atom. The molecule has 7 rings (SSSR count). The summed E-state index contributed by atoms with van der Waals surface area (Å²) in [5, 5.41) is 12.7. The number of aryl methyl sites for hydroxylation is 1.